The number of ether oxygens (including phenoxy) is 1. The van der Waals surface area contributed by atoms with E-state index in [1.165, 1.54) is 37.5 Å². The average molecular weight is 282 g/mol. The van der Waals surface area contributed by atoms with Crippen molar-refractivity contribution in [1.29, 1.82) is 0 Å². The topological polar surface area (TPSA) is 67.8 Å². The van der Waals surface area contributed by atoms with Crippen LogP contribution in [-0.2, 0) is 0 Å². The quantitative estimate of drug-likeness (QED) is 0.251. The summed E-state index contributed by atoms with van der Waals surface area (Å²) in [6.45, 7) is 4.13. The fourth-order valence-electron chi connectivity index (χ4n) is 1.99. The summed E-state index contributed by atoms with van der Waals surface area (Å²) < 4.78 is 19.0. The van der Waals surface area contributed by atoms with Crippen LogP contribution in [0.5, 0.6) is 5.75 Å². The normalized spacial score (nSPS) is 13.2. The zero-order valence-corrected chi connectivity index (χ0v) is 12.1. The number of benzene rings is 1. The standard InChI is InChI=1S/C15H23FN2O2/c1-3-4-5-6-7-11(2)20-14-9-8-12(16)10-13(14)15(17)18-19/h8-11,19H,3-7H2,1-2H3,(H2,17,18). The molecule has 0 radical (unpaired) electrons. The molecule has 1 unspecified atom stereocenters. The van der Waals surface area contributed by atoms with Crippen LogP contribution >= 0.6 is 0 Å². The molecule has 0 fully saturated rings. The molecule has 0 saturated heterocycles. The van der Waals surface area contributed by atoms with Gasteiger partial charge in [0.15, 0.2) is 5.84 Å². The van der Waals surface area contributed by atoms with Crippen LogP contribution in [0.25, 0.3) is 0 Å². The first kappa shape index (κ1) is 16.3. The van der Waals surface area contributed by atoms with Crippen LogP contribution in [0.1, 0.15) is 51.5 Å². The molecule has 1 aromatic rings. The van der Waals surface area contributed by atoms with Crippen molar-refractivity contribution in [3.05, 3.63) is 29.6 Å². The number of halogens is 1. The van der Waals surface area contributed by atoms with Crippen LogP contribution < -0.4 is 10.5 Å². The Morgan fingerprint density at radius 1 is 1.40 bits per heavy atom. The zero-order chi connectivity index (χ0) is 15.0. The number of hydrogen-bond acceptors (Lipinski definition) is 3. The van der Waals surface area contributed by atoms with Crippen LogP contribution in [0.15, 0.2) is 23.4 Å². The lowest BCUT2D eigenvalue weighted by Crippen LogP contribution is -2.18. The van der Waals surface area contributed by atoms with Crippen LogP contribution in [0.3, 0.4) is 0 Å². The van der Waals surface area contributed by atoms with Crippen LogP contribution in [0, 0.1) is 5.82 Å². The molecule has 1 aromatic carbocycles. The van der Waals surface area contributed by atoms with Crippen LogP contribution in [0.2, 0.25) is 0 Å². The van der Waals surface area contributed by atoms with Gasteiger partial charge in [0.25, 0.3) is 0 Å². The maximum absolute atomic E-state index is 13.2. The second-order valence-electron chi connectivity index (χ2n) is 4.90. The molecule has 0 aliphatic rings. The highest BCUT2D eigenvalue weighted by Crippen LogP contribution is 2.22. The number of nitrogens with zero attached hydrogens (tertiary/aromatic N) is 1. The van der Waals surface area contributed by atoms with Crippen molar-refractivity contribution in [1.82, 2.24) is 0 Å². The van der Waals surface area contributed by atoms with Crippen molar-refractivity contribution >= 4 is 5.84 Å². The summed E-state index contributed by atoms with van der Waals surface area (Å²) in [7, 11) is 0. The molecule has 0 bridgehead atoms. The third-order valence-corrected chi connectivity index (χ3v) is 3.12. The van der Waals surface area contributed by atoms with E-state index in [0.29, 0.717) is 5.75 Å². The Morgan fingerprint density at radius 2 is 2.15 bits per heavy atom. The van der Waals surface area contributed by atoms with Crippen molar-refractivity contribution in [2.75, 3.05) is 0 Å². The molecule has 0 spiro atoms. The van der Waals surface area contributed by atoms with E-state index in [4.69, 9.17) is 15.7 Å². The number of unbranched alkanes of at least 4 members (excludes halogenated alkanes) is 3. The van der Waals surface area contributed by atoms with Crippen molar-refractivity contribution in [2.45, 2.75) is 52.1 Å². The van der Waals surface area contributed by atoms with Gasteiger partial charge in [-0.25, -0.2) is 4.39 Å². The minimum Gasteiger partial charge on any atom is -0.490 e. The highest BCUT2D eigenvalue weighted by Gasteiger charge is 2.12. The summed E-state index contributed by atoms with van der Waals surface area (Å²) in [6.07, 6.45) is 5.62. The number of oxime groups is 1. The maximum Gasteiger partial charge on any atom is 0.173 e. The molecule has 0 saturated carbocycles. The van der Waals surface area contributed by atoms with E-state index in [2.05, 4.69) is 12.1 Å². The Morgan fingerprint density at radius 3 is 2.80 bits per heavy atom. The summed E-state index contributed by atoms with van der Waals surface area (Å²) in [5.74, 6) is -0.170. The summed E-state index contributed by atoms with van der Waals surface area (Å²) in [5.41, 5.74) is 5.80. The predicted molar refractivity (Wildman–Crippen MR) is 77.8 cm³/mol. The van der Waals surface area contributed by atoms with E-state index in [-0.39, 0.29) is 17.5 Å². The molecule has 0 aliphatic carbocycles. The summed E-state index contributed by atoms with van der Waals surface area (Å²) in [6, 6.07) is 4.01. The summed E-state index contributed by atoms with van der Waals surface area (Å²) >= 11 is 0. The van der Waals surface area contributed by atoms with Crippen molar-refractivity contribution in [2.24, 2.45) is 10.9 Å². The molecule has 1 atom stereocenters. The number of nitrogens with two attached hydrogens (primary N) is 1. The predicted octanol–water partition coefficient (Wildman–Crippen LogP) is 3.66. The molecular formula is C15H23FN2O2. The lowest BCUT2D eigenvalue weighted by atomic mass is 10.1. The van der Waals surface area contributed by atoms with E-state index >= 15 is 0 Å². The third-order valence-electron chi connectivity index (χ3n) is 3.12. The smallest absolute Gasteiger partial charge is 0.173 e. The van der Waals surface area contributed by atoms with Gasteiger partial charge in [-0.2, -0.15) is 0 Å². The number of amidine groups is 1. The Balaban J connectivity index is 2.67. The lowest BCUT2D eigenvalue weighted by molar-refractivity contribution is 0.205. The van der Waals surface area contributed by atoms with Gasteiger partial charge >= 0.3 is 0 Å². The van der Waals surface area contributed by atoms with Crippen molar-refractivity contribution in [3.63, 3.8) is 0 Å². The largest absolute Gasteiger partial charge is 0.490 e. The van der Waals surface area contributed by atoms with E-state index in [1.54, 1.807) is 0 Å². The molecule has 3 N–H and O–H groups in total. The molecule has 5 heteroatoms. The van der Waals surface area contributed by atoms with Gasteiger partial charge in [-0.1, -0.05) is 31.3 Å². The molecular weight excluding hydrogens is 259 g/mol. The first-order valence-electron chi connectivity index (χ1n) is 7.02. The Hall–Kier alpha value is -1.78. The third kappa shape index (κ3) is 5.07. The molecule has 0 heterocycles. The maximum atomic E-state index is 13.2. The van der Waals surface area contributed by atoms with Crippen molar-refractivity contribution < 1.29 is 14.3 Å². The van der Waals surface area contributed by atoms with E-state index in [0.717, 1.165) is 12.8 Å². The van der Waals surface area contributed by atoms with Gasteiger partial charge in [0, 0.05) is 0 Å². The van der Waals surface area contributed by atoms with Crippen molar-refractivity contribution in [3.8, 4) is 5.75 Å². The highest BCUT2D eigenvalue weighted by molar-refractivity contribution is 5.99. The summed E-state index contributed by atoms with van der Waals surface area (Å²) in [5, 5.41) is 11.6. The fourth-order valence-corrected chi connectivity index (χ4v) is 1.99. The zero-order valence-electron chi connectivity index (χ0n) is 12.1. The second-order valence-corrected chi connectivity index (χ2v) is 4.90. The van der Waals surface area contributed by atoms with Gasteiger partial charge < -0.3 is 15.7 Å². The fraction of sp³-hybridized carbons (Fsp3) is 0.533. The number of rotatable bonds is 8. The SMILES string of the molecule is CCCCCCC(C)Oc1ccc(F)cc1C(N)=NO. The first-order chi connectivity index (χ1) is 9.58. The van der Waals surface area contributed by atoms with Gasteiger partial charge in [0.05, 0.1) is 11.7 Å². The van der Waals surface area contributed by atoms with E-state index in [9.17, 15) is 4.39 Å². The molecule has 0 amide bonds. The monoisotopic (exact) mass is 282 g/mol. The Bertz CT molecular complexity index is 449. The van der Waals surface area contributed by atoms with Gasteiger partial charge in [-0.05, 0) is 38.0 Å². The molecule has 0 aromatic heterocycles. The van der Waals surface area contributed by atoms with E-state index in [1.807, 2.05) is 6.92 Å². The molecule has 20 heavy (non-hydrogen) atoms. The molecule has 112 valence electrons. The molecule has 4 nitrogen and oxygen atoms in total. The van der Waals surface area contributed by atoms with Crippen LogP contribution in [0.4, 0.5) is 4.39 Å². The molecule has 1 rings (SSSR count). The minimum absolute atomic E-state index is 0.00237. The van der Waals surface area contributed by atoms with Gasteiger partial charge in [-0.3, -0.25) is 0 Å². The van der Waals surface area contributed by atoms with Gasteiger partial charge in [-0.15, -0.1) is 0 Å². The Kier molecular flexibility index (Phi) is 6.84. The average Bonchev–Trinajstić information content (AvgIpc) is 2.44. The van der Waals surface area contributed by atoms with Gasteiger partial charge in [0.2, 0.25) is 0 Å². The minimum atomic E-state index is -0.449. The second kappa shape index (κ2) is 8.40. The Labute approximate surface area is 119 Å². The van der Waals surface area contributed by atoms with Gasteiger partial charge in [0.1, 0.15) is 11.6 Å². The highest BCUT2D eigenvalue weighted by atomic mass is 19.1. The molecule has 0 aliphatic heterocycles. The summed E-state index contributed by atoms with van der Waals surface area (Å²) in [4.78, 5) is 0. The van der Waals surface area contributed by atoms with E-state index < -0.39 is 5.82 Å². The van der Waals surface area contributed by atoms with Crippen LogP contribution in [-0.4, -0.2) is 17.1 Å². The lowest BCUT2D eigenvalue weighted by Gasteiger charge is -2.17. The first-order valence-corrected chi connectivity index (χ1v) is 7.02. The number of hydrogen-bond donors (Lipinski definition) is 2.